The molecule has 1 heteroatoms. The predicted octanol–water partition coefficient (Wildman–Crippen LogP) is 3.39. The number of fused-ring (bicyclic) bond motifs is 2. The maximum Gasteiger partial charge on any atom is 0.0459 e. The molecule has 0 aromatic carbocycles. The van der Waals surface area contributed by atoms with Crippen LogP contribution in [0.3, 0.4) is 0 Å². The Bertz CT molecular complexity index is 265. The minimum absolute atomic E-state index is 0.318. The van der Waals surface area contributed by atoms with Crippen molar-refractivity contribution in [1.82, 2.24) is 0 Å². The first-order valence-electron chi connectivity index (χ1n) is 6.37. The van der Waals surface area contributed by atoms with E-state index in [1.54, 1.807) is 5.57 Å². The molecule has 2 aliphatic rings. The Morgan fingerprint density at radius 2 is 2.20 bits per heavy atom. The van der Waals surface area contributed by atoms with Crippen molar-refractivity contribution in [3.05, 3.63) is 11.6 Å². The van der Waals surface area contributed by atoms with E-state index in [4.69, 9.17) is 5.11 Å². The topological polar surface area (TPSA) is 20.2 Å². The van der Waals surface area contributed by atoms with Gasteiger partial charge in [-0.15, -0.1) is 0 Å². The lowest BCUT2D eigenvalue weighted by molar-refractivity contribution is 0.237. The first-order valence-corrected chi connectivity index (χ1v) is 6.37. The van der Waals surface area contributed by atoms with Gasteiger partial charge in [-0.25, -0.2) is 0 Å². The Kier molecular flexibility index (Phi) is 2.94. The Morgan fingerprint density at radius 1 is 1.47 bits per heavy atom. The fourth-order valence-corrected chi connectivity index (χ4v) is 3.51. The van der Waals surface area contributed by atoms with Crippen LogP contribution in [0.5, 0.6) is 0 Å². The van der Waals surface area contributed by atoms with E-state index in [1.165, 1.54) is 19.3 Å². The van der Waals surface area contributed by atoms with Crippen LogP contribution >= 0.6 is 0 Å². The Morgan fingerprint density at radius 3 is 2.73 bits per heavy atom. The van der Waals surface area contributed by atoms with Crippen molar-refractivity contribution in [3.8, 4) is 0 Å². The van der Waals surface area contributed by atoms with E-state index < -0.39 is 0 Å². The molecule has 0 heterocycles. The molecule has 2 saturated carbocycles. The molecule has 2 aliphatic carbocycles. The summed E-state index contributed by atoms with van der Waals surface area (Å²) >= 11 is 0. The minimum Gasteiger partial charge on any atom is -0.396 e. The minimum atomic E-state index is 0.318. The van der Waals surface area contributed by atoms with Gasteiger partial charge in [0.2, 0.25) is 0 Å². The van der Waals surface area contributed by atoms with Gasteiger partial charge in [0.05, 0.1) is 0 Å². The number of aliphatic hydroxyl groups is 1. The smallest absolute Gasteiger partial charge is 0.0459 e. The fraction of sp³-hybridized carbons (Fsp3) is 0.857. The van der Waals surface area contributed by atoms with Crippen LogP contribution in [0.15, 0.2) is 11.6 Å². The molecule has 0 spiro atoms. The van der Waals surface area contributed by atoms with E-state index in [2.05, 4.69) is 26.8 Å². The predicted molar refractivity (Wildman–Crippen MR) is 63.6 cm³/mol. The third-order valence-electron chi connectivity index (χ3n) is 4.69. The first-order chi connectivity index (χ1) is 7.05. The second-order valence-corrected chi connectivity index (χ2v) is 6.11. The highest BCUT2D eigenvalue weighted by Gasteiger charge is 2.48. The van der Waals surface area contributed by atoms with Crippen LogP contribution in [0.1, 0.15) is 46.5 Å². The Labute approximate surface area is 93.6 Å². The summed E-state index contributed by atoms with van der Waals surface area (Å²) in [7, 11) is 0. The van der Waals surface area contributed by atoms with Crippen LogP contribution in [0, 0.1) is 23.2 Å². The van der Waals surface area contributed by atoms with Gasteiger partial charge in [0.15, 0.2) is 0 Å². The highest BCUT2D eigenvalue weighted by Crippen LogP contribution is 2.59. The van der Waals surface area contributed by atoms with Crippen molar-refractivity contribution >= 4 is 0 Å². The molecule has 15 heavy (non-hydrogen) atoms. The number of allylic oxidation sites excluding steroid dienone is 2. The van der Waals surface area contributed by atoms with Gasteiger partial charge in [-0.1, -0.05) is 32.4 Å². The van der Waals surface area contributed by atoms with Gasteiger partial charge in [0.1, 0.15) is 0 Å². The summed E-state index contributed by atoms with van der Waals surface area (Å²) < 4.78 is 0. The Balaban J connectivity index is 2.08. The molecular weight excluding hydrogens is 184 g/mol. The normalized spacial score (nSPS) is 37.5. The summed E-state index contributed by atoms with van der Waals surface area (Å²) in [6.45, 7) is 7.26. The van der Waals surface area contributed by atoms with Gasteiger partial charge in [0.25, 0.3) is 0 Å². The van der Waals surface area contributed by atoms with Crippen LogP contribution < -0.4 is 0 Å². The van der Waals surface area contributed by atoms with Crippen molar-refractivity contribution in [2.75, 3.05) is 6.61 Å². The van der Waals surface area contributed by atoms with Gasteiger partial charge >= 0.3 is 0 Å². The third kappa shape index (κ3) is 1.87. The monoisotopic (exact) mass is 208 g/mol. The summed E-state index contributed by atoms with van der Waals surface area (Å²) in [4.78, 5) is 0. The molecule has 2 bridgehead atoms. The Hall–Kier alpha value is -0.300. The fourth-order valence-electron chi connectivity index (χ4n) is 3.51. The number of hydrogen-bond donors (Lipinski definition) is 1. The second-order valence-electron chi connectivity index (χ2n) is 6.11. The molecule has 3 unspecified atom stereocenters. The average molecular weight is 208 g/mol. The van der Waals surface area contributed by atoms with E-state index in [0.29, 0.717) is 17.9 Å². The van der Waals surface area contributed by atoms with Crippen molar-refractivity contribution < 1.29 is 5.11 Å². The summed E-state index contributed by atoms with van der Waals surface area (Å²) in [5.74, 6) is 2.22. The van der Waals surface area contributed by atoms with Crippen molar-refractivity contribution in [3.63, 3.8) is 0 Å². The third-order valence-corrected chi connectivity index (χ3v) is 4.69. The van der Waals surface area contributed by atoms with Gasteiger partial charge in [-0.3, -0.25) is 0 Å². The molecule has 0 amide bonds. The molecule has 86 valence electrons. The largest absolute Gasteiger partial charge is 0.396 e. The van der Waals surface area contributed by atoms with E-state index in [1.807, 2.05) is 0 Å². The average Bonchev–Trinajstić information content (AvgIpc) is 2.74. The van der Waals surface area contributed by atoms with Crippen LogP contribution in [-0.4, -0.2) is 11.7 Å². The maximum atomic E-state index is 9.04. The molecule has 0 aromatic heterocycles. The zero-order valence-corrected chi connectivity index (χ0v) is 10.3. The van der Waals surface area contributed by atoms with E-state index in [0.717, 1.165) is 18.3 Å². The number of aliphatic hydroxyl groups excluding tert-OH is 1. The quantitative estimate of drug-likeness (QED) is 0.705. The molecule has 0 aliphatic heterocycles. The maximum absolute atomic E-state index is 9.04. The van der Waals surface area contributed by atoms with Crippen LogP contribution in [0.2, 0.25) is 0 Å². The number of rotatable bonds is 3. The zero-order valence-electron chi connectivity index (χ0n) is 10.3. The number of hydrogen-bond acceptors (Lipinski definition) is 1. The van der Waals surface area contributed by atoms with Crippen LogP contribution in [-0.2, 0) is 0 Å². The summed E-state index contributed by atoms with van der Waals surface area (Å²) in [6.07, 6.45) is 7.76. The molecular formula is C14H24O. The van der Waals surface area contributed by atoms with E-state index in [9.17, 15) is 0 Å². The highest BCUT2D eigenvalue weighted by molar-refractivity contribution is 5.26. The second kappa shape index (κ2) is 3.93. The first kappa shape index (κ1) is 11.2. The van der Waals surface area contributed by atoms with Gasteiger partial charge < -0.3 is 5.11 Å². The summed E-state index contributed by atoms with van der Waals surface area (Å²) in [6, 6.07) is 0. The lowest BCUT2D eigenvalue weighted by Gasteiger charge is -2.33. The lowest BCUT2D eigenvalue weighted by atomic mass is 9.72. The molecule has 0 radical (unpaired) electrons. The van der Waals surface area contributed by atoms with E-state index in [-0.39, 0.29) is 0 Å². The summed E-state index contributed by atoms with van der Waals surface area (Å²) in [5.41, 5.74) is 2.14. The zero-order chi connectivity index (χ0) is 11.1. The molecule has 0 aromatic rings. The lowest BCUT2D eigenvalue weighted by Crippen LogP contribution is -2.23. The van der Waals surface area contributed by atoms with Gasteiger partial charge in [0, 0.05) is 6.61 Å². The molecule has 1 nitrogen and oxygen atoms in total. The van der Waals surface area contributed by atoms with Crippen molar-refractivity contribution in [1.29, 1.82) is 0 Å². The molecule has 2 fully saturated rings. The van der Waals surface area contributed by atoms with Crippen LogP contribution in [0.25, 0.3) is 0 Å². The molecule has 2 rings (SSSR count). The van der Waals surface area contributed by atoms with E-state index >= 15 is 0 Å². The standard InChI is InChI=1S/C14H24O/c1-10(9-15)4-7-13-11-5-6-12(8-11)14(13,2)3/h7,10-12,15H,4-6,8-9H2,1-3H3. The van der Waals surface area contributed by atoms with Crippen molar-refractivity contribution in [2.45, 2.75) is 46.5 Å². The molecule has 0 saturated heterocycles. The summed E-state index contributed by atoms with van der Waals surface area (Å²) in [5, 5.41) is 9.04. The molecule has 3 atom stereocenters. The SMILES string of the molecule is CC(CO)CC=C1C2CCC(C2)C1(C)C. The van der Waals surface area contributed by atoms with Crippen molar-refractivity contribution in [2.24, 2.45) is 23.2 Å². The van der Waals surface area contributed by atoms with Gasteiger partial charge in [-0.05, 0) is 48.9 Å². The highest BCUT2D eigenvalue weighted by atomic mass is 16.3. The van der Waals surface area contributed by atoms with Crippen LogP contribution in [0.4, 0.5) is 0 Å². The van der Waals surface area contributed by atoms with Gasteiger partial charge in [-0.2, -0.15) is 0 Å². The molecule has 1 N–H and O–H groups in total.